The van der Waals surface area contributed by atoms with Gasteiger partial charge in [0.15, 0.2) is 5.69 Å². The van der Waals surface area contributed by atoms with Gasteiger partial charge in [-0.2, -0.15) is 5.10 Å². The Balaban J connectivity index is 1.29. The van der Waals surface area contributed by atoms with Gasteiger partial charge in [-0.05, 0) is 56.0 Å². The van der Waals surface area contributed by atoms with E-state index in [1.807, 2.05) is 32.0 Å². The monoisotopic (exact) mass is 418 g/mol. The number of pyridine rings is 2. The van der Waals surface area contributed by atoms with Crippen LogP contribution in [0.5, 0.6) is 0 Å². The van der Waals surface area contributed by atoms with E-state index in [4.69, 9.17) is 0 Å². The molecule has 1 aliphatic rings. The van der Waals surface area contributed by atoms with E-state index in [2.05, 4.69) is 25.5 Å². The summed E-state index contributed by atoms with van der Waals surface area (Å²) in [4.78, 5) is 35.5. The smallest absolute Gasteiger partial charge is 0.274 e. The van der Waals surface area contributed by atoms with E-state index in [9.17, 15) is 9.59 Å². The predicted octanol–water partition coefficient (Wildman–Crippen LogP) is 2.65. The number of nitrogens with one attached hydrogen (secondary N) is 2. The molecule has 1 aliphatic heterocycles. The number of amides is 2. The minimum atomic E-state index is -0.114. The molecule has 0 atom stereocenters. The lowest BCUT2D eigenvalue weighted by Gasteiger charge is -2.30. The van der Waals surface area contributed by atoms with E-state index in [0.717, 1.165) is 28.1 Å². The summed E-state index contributed by atoms with van der Waals surface area (Å²) in [7, 11) is 0. The highest BCUT2D eigenvalue weighted by molar-refractivity contribution is 5.93. The van der Waals surface area contributed by atoms with Gasteiger partial charge >= 0.3 is 0 Å². The van der Waals surface area contributed by atoms with Crippen molar-refractivity contribution in [3.8, 4) is 11.3 Å². The number of hydrogen-bond donors (Lipinski definition) is 2. The third-order valence-corrected chi connectivity index (χ3v) is 5.80. The maximum absolute atomic E-state index is 12.8. The number of rotatable bonds is 5. The highest BCUT2D eigenvalue weighted by Crippen LogP contribution is 2.21. The van der Waals surface area contributed by atoms with Crippen LogP contribution in [0.15, 0.2) is 42.9 Å². The average molecular weight is 419 g/mol. The standard InChI is InChI=1S/C23H26N6O2/c1-15-11-17(13-25-16(15)2)14-26-22(30)19-5-9-29(10-6-19)23(31)21-12-20(27-28-21)18-3-7-24-8-4-18/h3-4,7-8,11-13,19H,5-6,9-10,14H2,1-2H3,(H,26,30)(H,27,28). The minimum absolute atomic E-state index is 0.0325. The van der Waals surface area contributed by atoms with Gasteiger partial charge < -0.3 is 10.2 Å². The molecule has 1 saturated heterocycles. The van der Waals surface area contributed by atoms with E-state index in [1.165, 1.54) is 0 Å². The molecular weight excluding hydrogens is 392 g/mol. The summed E-state index contributed by atoms with van der Waals surface area (Å²) in [5.74, 6) is -0.170. The largest absolute Gasteiger partial charge is 0.352 e. The van der Waals surface area contributed by atoms with Crippen LogP contribution in [-0.4, -0.2) is 50.0 Å². The van der Waals surface area contributed by atoms with Gasteiger partial charge in [-0.1, -0.05) is 6.07 Å². The second kappa shape index (κ2) is 9.07. The Morgan fingerprint density at radius 2 is 1.90 bits per heavy atom. The fourth-order valence-corrected chi connectivity index (χ4v) is 3.75. The Bertz CT molecular complexity index is 1070. The Hall–Kier alpha value is -3.55. The van der Waals surface area contributed by atoms with Crippen molar-refractivity contribution in [2.24, 2.45) is 5.92 Å². The topological polar surface area (TPSA) is 104 Å². The Morgan fingerprint density at radius 1 is 1.16 bits per heavy atom. The van der Waals surface area contributed by atoms with Crippen molar-refractivity contribution < 1.29 is 9.59 Å². The number of aromatic nitrogens is 4. The third kappa shape index (κ3) is 4.79. The summed E-state index contributed by atoms with van der Waals surface area (Å²) < 4.78 is 0. The van der Waals surface area contributed by atoms with Gasteiger partial charge in [0.05, 0.1) is 5.69 Å². The first-order chi connectivity index (χ1) is 15.0. The number of piperidine rings is 1. The molecule has 2 N–H and O–H groups in total. The first kappa shape index (κ1) is 20.7. The molecule has 0 aromatic carbocycles. The summed E-state index contributed by atoms with van der Waals surface area (Å²) in [6.07, 6.45) is 6.48. The molecule has 160 valence electrons. The number of likely N-dealkylation sites (tertiary alicyclic amines) is 1. The molecule has 4 rings (SSSR count). The van der Waals surface area contributed by atoms with Gasteiger partial charge in [0.1, 0.15) is 0 Å². The molecule has 0 saturated carbocycles. The number of carbonyl (C=O) groups excluding carboxylic acids is 2. The van der Waals surface area contributed by atoms with Crippen molar-refractivity contribution in [2.75, 3.05) is 13.1 Å². The SMILES string of the molecule is Cc1cc(CNC(=O)C2CCN(C(=O)c3cc(-c4ccncc4)[nH]n3)CC2)cnc1C. The molecule has 2 amide bonds. The zero-order valence-corrected chi connectivity index (χ0v) is 17.8. The Kier molecular flexibility index (Phi) is 6.06. The van der Waals surface area contributed by atoms with Crippen LogP contribution in [0.4, 0.5) is 0 Å². The van der Waals surface area contributed by atoms with Crippen LogP contribution in [0.1, 0.15) is 40.2 Å². The molecule has 0 unspecified atom stereocenters. The van der Waals surface area contributed by atoms with Crippen LogP contribution in [0.25, 0.3) is 11.3 Å². The lowest BCUT2D eigenvalue weighted by Crippen LogP contribution is -2.43. The molecule has 0 radical (unpaired) electrons. The van der Waals surface area contributed by atoms with E-state index < -0.39 is 0 Å². The van der Waals surface area contributed by atoms with Gasteiger partial charge in [-0.3, -0.25) is 24.7 Å². The molecule has 1 fully saturated rings. The molecule has 8 heteroatoms. The summed E-state index contributed by atoms with van der Waals surface area (Å²) in [6, 6.07) is 7.53. The molecular formula is C23H26N6O2. The summed E-state index contributed by atoms with van der Waals surface area (Å²) in [5.41, 5.74) is 5.20. The number of aromatic amines is 1. The van der Waals surface area contributed by atoms with E-state index >= 15 is 0 Å². The average Bonchev–Trinajstić information content (AvgIpc) is 3.30. The third-order valence-electron chi connectivity index (χ3n) is 5.80. The first-order valence-corrected chi connectivity index (χ1v) is 10.5. The predicted molar refractivity (Wildman–Crippen MR) is 116 cm³/mol. The van der Waals surface area contributed by atoms with Crippen LogP contribution < -0.4 is 5.32 Å². The molecule has 3 aromatic rings. The van der Waals surface area contributed by atoms with Gasteiger partial charge in [0.2, 0.25) is 5.91 Å². The highest BCUT2D eigenvalue weighted by Gasteiger charge is 2.28. The molecule has 0 bridgehead atoms. The van der Waals surface area contributed by atoms with E-state index in [-0.39, 0.29) is 17.7 Å². The maximum atomic E-state index is 12.8. The lowest BCUT2D eigenvalue weighted by molar-refractivity contribution is -0.126. The quantitative estimate of drug-likeness (QED) is 0.663. The van der Waals surface area contributed by atoms with Crippen LogP contribution in [0, 0.1) is 19.8 Å². The second-order valence-electron chi connectivity index (χ2n) is 7.93. The maximum Gasteiger partial charge on any atom is 0.274 e. The zero-order valence-electron chi connectivity index (χ0n) is 17.8. The van der Waals surface area contributed by atoms with Crippen molar-refractivity contribution >= 4 is 11.8 Å². The second-order valence-corrected chi connectivity index (χ2v) is 7.93. The van der Waals surface area contributed by atoms with Gasteiger partial charge in [0, 0.05) is 55.4 Å². The van der Waals surface area contributed by atoms with Crippen LogP contribution >= 0.6 is 0 Å². The number of hydrogen-bond acceptors (Lipinski definition) is 5. The summed E-state index contributed by atoms with van der Waals surface area (Å²) >= 11 is 0. The van der Waals surface area contributed by atoms with E-state index in [0.29, 0.717) is 38.2 Å². The molecule has 31 heavy (non-hydrogen) atoms. The summed E-state index contributed by atoms with van der Waals surface area (Å²) in [5, 5.41) is 10.1. The molecule has 0 spiro atoms. The number of H-pyrrole nitrogens is 1. The van der Waals surface area contributed by atoms with Gasteiger partial charge in [-0.15, -0.1) is 0 Å². The van der Waals surface area contributed by atoms with E-state index in [1.54, 1.807) is 29.6 Å². The Morgan fingerprint density at radius 3 is 2.61 bits per heavy atom. The molecule has 8 nitrogen and oxygen atoms in total. The van der Waals surface area contributed by atoms with Crippen LogP contribution in [0.3, 0.4) is 0 Å². The van der Waals surface area contributed by atoms with Crippen molar-refractivity contribution in [2.45, 2.75) is 33.2 Å². The Labute approximate surface area is 181 Å². The normalized spacial score (nSPS) is 14.5. The fourth-order valence-electron chi connectivity index (χ4n) is 3.75. The fraction of sp³-hybridized carbons (Fsp3) is 0.348. The van der Waals surface area contributed by atoms with Crippen LogP contribution in [0.2, 0.25) is 0 Å². The van der Waals surface area contributed by atoms with Gasteiger partial charge in [-0.25, -0.2) is 0 Å². The van der Waals surface area contributed by atoms with Crippen molar-refractivity contribution in [3.63, 3.8) is 0 Å². The lowest BCUT2D eigenvalue weighted by atomic mass is 9.95. The minimum Gasteiger partial charge on any atom is -0.352 e. The molecule has 0 aliphatic carbocycles. The van der Waals surface area contributed by atoms with Crippen molar-refractivity contribution in [1.29, 1.82) is 0 Å². The number of nitrogens with zero attached hydrogens (tertiary/aromatic N) is 4. The van der Waals surface area contributed by atoms with Gasteiger partial charge in [0.25, 0.3) is 5.91 Å². The molecule has 4 heterocycles. The molecule has 3 aromatic heterocycles. The first-order valence-electron chi connectivity index (χ1n) is 10.5. The van der Waals surface area contributed by atoms with Crippen molar-refractivity contribution in [3.05, 3.63) is 65.4 Å². The van der Waals surface area contributed by atoms with Crippen LogP contribution in [-0.2, 0) is 11.3 Å². The zero-order chi connectivity index (χ0) is 21.8. The van der Waals surface area contributed by atoms with Crippen molar-refractivity contribution in [1.82, 2.24) is 30.4 Å². The number of aryl methyl sites for hydroxylation is 2. The summed E-state index contributed by atoms with van der Waals surface area (Å²) in [6.45, 7) is 5.53. The number of carbonyl (C=O) groups is 2. The highest BCUT2D eigenvalue weighted by atomic mass is 16.2.